The van der Waals surface area contributed by atoms with Crippen LogP contribution in [-0.2, 0) is 25.9 Å². The standard InChI is InChI=1S/C6H11NO.Mo/c8-6-4-2-1-3-5-7-6;/h1-5H2,(H,7,8);/p-1. The van der Waals surface area contributed by atoms with E-state index in [9.17, 15) is 4.79 Å². The molecule has 1 heterocycles. The van der Waals surface area contributed by atoms with Gasteiger partial charge < -0.3 is 10.1 Å². The molecule has 0 radical (unpaired) electrons. The van der Waals surface area contributed by atoms with Gasteiger partial charge in [-0.05, 0) is 12.8 Å². The van der Waals surface area contributed by atoms with Gasteiger partial charge in [0, 0.05) is 21.1 Å². The van der Waals surface area contributed by atoms with Crippen LogP contribution in [0.2, 0.25) is 0 Å². The third-order valence-corrected chi connectivity index (χ3v) is 1.34. The smallest absolute Gasteiger partial charge is 0.0511 e. The van der Waals surface area contributed by atoms with E-state index in [0.717, 1.165) is 19.4 Å². The van der Waals surface area contributed by atoms with Gasteiger partial charge in [0.25, 0.3) is 0 Å². The van der Waals surface area contributed by atoms with Gasteiger partial charge >= 0.3 is 0 Å². The third-order valence-electron chi connectivity index (χ3n) is 1.34. The number of carbonyl (C=O) groups excluding carboxylic acids is 1. The second kappa shape index (κ2) is 4.98. The van der Waals surface area contributed by atoms with Crippen molar-refractivity contribution in [3.8, 4) is 0 Å². The Morgan fingerprint density at radius 1 is 1.22 bits per heavy atom. The summed E-state index contributed by atoms with van der Waals surface area (Å²) in [5.74, 6) is 0.0995. The van der Waals surface area contributed by atoms with Gasteiger partial charge in [-0.25, -0.2) is 0 Å². The quantitative estimate of drug-likeness (QED) is 0.554. The Morgan fingerprint density at radius 3 is 2.78 bits per heavy atom. The summed E-state index contributed by atoms with van der Waals surface area (Å²) in [6.07, 6.45) is 4.00. The first-order valence-electron chi connectivity index (χ1n) is 3.10. The summed E-state index contributed by atoms with van der Waals surface area (Å²) >= 11 is 0. The molecule has 0 saturated carbocycles. The van der Waals surface area contributed by atoms with Crippen molar-refractivity contribution in [1.29, 1.82) is 0 Å². The first-order valence-corrected chi connectivity index (χ1v) is 3.10. The molecule has 0 aromatic rings. The summed E-state index contributed by atoms with van der Waals surface area (Å²) in [7, 11) is 0. The van der Waals surface area contributed by atoms with Crippen LogP contribution in [0, 0.1) is 0 Å². The molecule has 1 aliphatic heterocycles. The number of carbonyl (C=O) groups is 1. The zero-order valence-corrected chi connectivity index (χ0v) is 7.31. The predicted octanol–water partition coefficient (Wildman–Crippen LogP) is 1.46. The SMILES string of the molecule is O=C1CCCCC[N-]1.[Mo]. The summed E-state index contributed by atoms with van der Waals surface area (Å²) in [6.45, 7) is 0.763. The monoisotopic (exact) mass is 210 g/mol. The molecular weight excluding hydrogens is 198 g/mol. The van der Waals surface area contributed by atoms with Gasteiger partial charge in [-0.2, -0.15) is 0 Å². The zero-order valence-electron chi connectivity index (χ0n) is 5.30. The Kier molecular flexibility index (Phi) is 5.07. The van der Waals surface area contributed by atoms with E-state index in [4.69, 9.17) is 0 Å². The van der Waals surface area contributed by atoms with Gasteiger partial charge in [-0.3, -0.25) is 0 Å². The van der Waals surface area contributed by atoms with Crippen LogP contribution in [0.25, 0.3) is 5.32 Å². The minimum absolute atomic E-state index is 0. The second-order valence-electron chi connectivity index (χ2n) is 2.09. The molecule has 0 aliphatic carbocycles. The number of rotatable bonds is 0. The molecule has 2 nitrogen and oxygen atoms in total. The molecule has 0 spiro atoms. The number of hydrogen-bond acceptors (Lipinski definition) is 1. The summed E-state index contributed by atoms with van der Waals surface area (Å²) in [6, 6.07) is 0. The average Bonchev–Trinajstić information content (AvgIpc) is 1.94. The zero-order chi connectivity index (χ0) is 5.82. The van der Waals surface area contributed by atoms with Crippen molar-refractivity contribution in [1.82, 2.24) is 0 Å². The molecule has 52 valence electrons. The molecule has 9 heavy (non-hydrogen) atoms. The van der Waals surface area contributed by atoms with Crippen LogP contribution >= 0.6 is 0 Å². The normalized spacial score (nSPS) is 19.3. The Hall–Kier alpha value is 0.158. The number of hydrogen-bond donors (Lipinski definition) is 0. The van der Waals surface area contributed by atoms with Crippen molar-refractivity contribution in [2.24, 2.45) is 0 Å². The summed E-state index contributed by atoms with van der Waals surface area (Å²) < 4.78 is 0. The van der Waals surface area contributed by atoms with Crippen molar-refractivity contribution < 1.29 is 25.9 Å². The maximum absolute atomic E-state index is 10.5. The molecule has 0 aromatic heterocycles. The predicted molar refractivity (Wildman–Crippen MR) is 31.7 cm³/mol. The Bertz CT molecular complexity index is 85.1. The van der Waals surface area contributed by atoms with E-state index in [1.807, 2.05) is 0 Å². The van der Waals surface area contributed by atoms with Gasteiger partial charge in [-0.15, -0.1) is 6.54 Å². The van der Waals surface area contributed by atoms with Crippen LogP contribution in [0.3, 0.4) is 0 Å². The van der Waals surface area contributed by atoms with Crippen molar-refractivity contribution >= 4 is 5.91 Å². The maximum atomic E-state index is 10.5. The van der Waals surface area contributed by atoms with E-state index >= 15 is 0 Å². The maximum Gasteiger partial charge on any atom is 0.0511 e. The van der Waals surface area contributed by atoms with E-state index < -0.39 is 0 Å². The fourth-order valence-electron chi connectivity index (χ4n) is 0.848. The van der Waals surface area contributed by atoms with Gasteiger partial charge in [0.05, 0.1) is 5.91 Å². The van der Waals surface area contributed by atoms with Crippen molar-refractivity contribution in [2.75, 3.05) is 6.54 Å². The molecule has 1 amide bonds. The Balaban J connectivity index is 0.000000640. The number of amides is 1. The summed E-state index contributed by atoms with van der Waals surface area (Å²) in [5.41, 5.74) is 0. The van der Waals surface area contributed by atoms with Crippen LogP contribution in [0.15, 0.2) is 0 Å². The van der Waals surface area contributed by atoms with Gasteiger partial charge in [0.2, 0.25) is 0 Å². The van der Waals surface area contributed by atoms with Crippen LogP contribution in [0.1, 0.15) is 25.7 Å². The van der Waals surface area contributed by atoms with Crippen molar-refractivity contribution in [3.05, 3.63) is 5.32 Å². The average molecular weight is 208 g/mol. The van der Waals surface area contributed by atoms with Gasteiger partial charge in [0.1, 0.15) is 0 Å². The fourth-order valence-corrected chi connectivity index (χ4v) is 0.848. The Morgan fingerprint density at radius 2 is 2.00 bits per heavy atom. The fraction of sp³-hybridized carbons (Fsp3) is 0.833. The van der Waals surface area contributed by atoms with Crippen LogP contribution in [0.5, 0.6) is 0 Å². The molecule has 1 rings (SSSR count). The second-order valence-corrected chi connectivity index (χ2v) is 2.09. The first kappa shape index (κ1) is 9.16. The molecule has 0 N–H and O–H groups in total. The Labute approximate surface area is 69.7 Å². The van der Waals surface area contributed by atoms with Crippen LogP contribution in [-0.4, -0.2) is 12.5 Å². The van der Waals surface area contributed by atoms with Crippen molar-refractivity contribution in [3.63, 3.8) is 0 Å². The van der Waals surface area contributed by atoms with E-state index in [-0.39, 0.29) is 27.0 Å². The molecule has 1 aliphatic rings. The minimum atomic E-state index is 0. The molecule has 0 bridgehead atoms. The molecular formula is C6H10MoNO-. The number of nitrogens with zero attached hydrogens (tertiary/aromatic N) is 1. The van der Waals surface area contributed by atoms with Crippen molar-refractivity contribution in [2.45, 2.75) is 25.7 Å². The largest absolute Gasteiger partial charge is 0.653 e. The molecule has 1 saturated heterocycles. The van der Waals surface area contributed by atoms with E-state index in [0.29, 0.717) is 6.42 Å². The van der Waals surface area contributed by atoms with E-state index in [2.05, 4.69) is 5.32 Å². The third kappa shape index (κ3) is 3.69. The van der Waals surface area contributed by atoms with E-state index in [1.54, 1.807) is 0 Å². The first-order chi connectivity index (χ1) is 3.89. The summed E-state index contributed by atoms with van der Waals surface area (Å²) in [4.78, 5) is 10.5. The molecule has 3 heteroatoms. The molecule has 0 unspecified atom stereocenters. The van der Waals surface area contributed by atoms with Crippen LogP contribution in [0.4, 0.5) is 0 Å². The molecule has 1 fully saturated rings. The molecule has 0 aromatic carbocycles. The molecule has 0 atom stereocenters. The summed E-state index contributed by atoms with van der Waals surface area (Å²) in [5, 5.41) is 3.78. The minimum Gasteiger partial charge on any atom is -0.653 e. The van der Waals surface area contributed by atoms with Gasteiger partial charge in [-0.1, -0.05) is 12.8 Å². The van der Waals surface area contributed by atoms with Crippen LogP contribution < -0.4 is 0 Å². The topological polar surface area (TPSA) is 31.2 Å². The van der Waals surface area contributed by atoms with Gasteiger partial charge in [0.15, 0.2) is 0 Å². The van der Waals surface area contributed by atoms with E-state index in [1.165, 1.54) is 6.42 Å².